The molecular weight excluding hydrogens is 226 g/mol. The van der Waals surface area contributed by atoms with E-state index in [0.717, 1.165) is 5.56 Å². The smallest absolute Gasteiger partial charge is 0.224 e. The topological polar surface area (TPSA) is 70.1 Å². The van der Waals surface area contributed by atoms with E-state index < -0.39 is 5.54 Å². The van der Waals surface area contributed by atoms with E-state index in [0.29, 0.717) is 18.5 Å². The van der Waals surface area contributed by atoms with Crippen LogP contribution in [0.15, 0.2) is 24.3 Å². The average molecular weight is 245 g/mol. The Kier molecular flexibility index (Phi) is 4.46. The third kappa shape index (κ3) is 4.56. The lowest BCUT2D eigenvalue weighted by molar-refractivity contribution is -0.131. The molecule has 0 aliphatic rings. The van der Waals surface area contributed by atoms with Crippen molar-refractivity contribution in [1.29, 1.82) is 5.26 Å². The normalized spacial score (nSPS) is 10.8. The van der Waals surface area contributed by atoms with Crippen LogP contribution in [0.1, 0.15) is 31.4 Å². The third-order valence-corrected chi connectivity index (χ3v) is 2.54. The molecule has 1 aromatic carbocycles. The van der Waals surface area contributed by atoms with Crippen molar-refractivity contribution in [2.75, 3.05) is 7.05 Å². The SMILES string of the molecule is CN(Cc1ccc(C#N)cc1)C(=O)CC(C)(C)N. The number of nitrogens with zero attached hydrogens (tertiary/aromatic N) is 2. The number of nitriles is 1. The van der Waals surface area contributed by atoms with E-state index in [4.69, 9.17) is 11.0 Å². The predicted molar refractivity (Wildman–Crippen MR) is 70.5 cm³/mol. The molecule has 96 valence electrons. The van der Waals surface area contributed by atoms with E-state index in [9.17, 15) is 4.79 Å². The molecule has 2 N–H and O–H groups in total. The highest BCUT2D eigenvalue weighted by Gasteiger charge is 2.19. The van der Waals surface area contributed by atoms with E-state index in [1.807, 2.05) is 26.0 Å². The fourth-order valence-corrected chi connectivity index (χ4v) is 1.57. The fourth-order valence-electron chi connectivity index (χ4n) is 1.57. The van der Waals surface area contributed by atoms with Gasteiger partial charge in [-0.25, -0.2) is 0 Å². The number of hydrogen-bond donors (Lipinski definition) is 1. The first kappa shape index (κ1) is 14.2. The molecule has 4 nitrogen and oxygen atoms in total. The van der Waals surface area contributed by atoms with Crippen LogP contribution in [0.3, 0.4) is 0 Å². The van der Waals surface area contributed by atoms with Crippen molar-refractivity contribution in [1.82, 2.24) is 4.90 Å². The maximum atomic E-state index is 11.9. The first-order valence-corrected chi connectivity index (χ1v) is 5.84. The number of rotatable bonds is 4. The Morgan fingerprint density at radius 1 is 1.39 bits per heavy atom. The molecule has 0 radical (unpaired) electrons. The number of carbonyl (C=O) groups excluding carboxylic acids is 1. The molecule has 0 atom stereocenters. The monoisotopic (exact) mass is 245 g/mol. The summed E-state index contributed by atoms with van der Waals surface area (Å²) in [5.74, 6) is 0.0202. The zero-order valence-corrected chi connectivity index (χ0v) is 11.1. The van der Waals surface area contributed by atoms with Crippen molar-refractivity contribution < 1.29 is 4.79 Å². The van der Waals surface area contributed by atoms with Gasteiger partial charge in [0.1, 0.15) is 0 Å². The van der Waals surface area contributed by atoms with Crippen LogP contribution in [-0.4, -0.2) is 23.4 Å². The molecule has 4 heteroatoms. The van der Waals surface area contributed by atoms with E-state index >= 15 is 0 Å². The third-order valence-electron chi connectivity index (χ3n) is 2.54. The highest BCUT2D eigenvalue weighted by atomic mass is 16.2. The Balaban J connectivity index is 2.61. The zero-order chi connectivity index (χ0) is 13.8. The molecule has 0 heterocycles. The summed E-state index contributed by atoms with van der Waals surface area (Å²) in [5, 5.41) is 8.70. The average Bonchev–Trinajstić information content (AvgIpc) is 2.27. The van der Waals surface area contributed by atoms with Crippen molar-refractivity contribution in [3.8, 4) is 6.07 Å². The second-order valence-corrected chi connectivity index (χ2v) is 5.22. The minimum absolute atomic E-state index is 0.0202. The summed E-state index contributed by atoms with van der Waals surface area (Å²) in [6, 6.07) is 9.28. The standard InChI is InChI=1S/C14H19N3O/c1-14(2,16)8-13(18)17(3)10-12-6-4-11(9-15)5-7-12/h4-7H,8,10,16H2,1-3H3. The van der Waals surface area contributed by atoms with Gasteiger partial charge in [0.25, 0.3) is 0 Å². The maximum absolute atomic E-state index is 11.9. The predicted octanol–water partition coefficient (Wildman–Crippen LogP) is 1.64. The molecular formula is C14H19N3O. The Morgan fingerprint density at radius 2 is 1.94 bits per heavy atom. The van der Waals surface area contributed by atoms with Crippen LogP contribution in [0.4, 0.5) is 0 Å². The molecule has 0 saturated carbocycles. The van der Waals surface area contributed by atoms with E-state index in [-0.39, 0.29) is 5.91 Å². The van der Waals surface area contributed by atoms with Gasteiger partial charge < -0.3 is 10.6 Å². The van der Waals surface area contributed by atoms with Crippen LogP contribution in [-0.2, 0) is 11.3 Å². The summed E-state index contributed by atoms with van der Waals surface area (Å²) in [5.41, 5.74) is 6.95. The maximum Gasteiger partial charge on any atom is 0.224 e. The highest BCUT2D eigenvalue weighted by molar-refractivity contribution is 5.77. The molecule has 1 rings (SSSR count). The molecule has 18 heavy (non-hydrogen) atoms. The summed E-state index contributed by atoms with van der Waals surface area (Å²) in [6.45, 7) is 4.20. The Bertz CT molecular complexity index is 451. The quantitative estimate of drug-likeness (QED) is 0.876. The second kappa shape index (κ2) is 5.65. The Hall–Kier alpha value is -1.86. The molecule has 0 fully saturated rings. The lowest BCUT2D eigenvalue weighted by Crippen LogP contribution is -2.39. The van der Waals surface area contributed by atoms with Gasteiger partial charge in [0.05, 0.1) is 11.6 Å². The molecule has 0 saturated heterocycles. The van der Waals surface area contributed by atoms with Crippen LogP contribution in [0.25, 0.3) is 0 Å². The van der Waals surface area contributed by atoms with Gasteiger partial charge in [-0.1, -0.05) is 12.1 Å². The van der Waals surface area contributed by atoms with Crippen molar-refractivity contribution in [3.05, 3.63) is 35.4 Å². The summed E-state index contributed by atoms with van der Waals surface area (Å²) in [7, 11) is 1.76. The molecule has 0 unspecified atom stereocenters. The van der Waals surface area contributed by atoms with Gasteiger partial charge in [0.2, 0.25) is 5.91 Å². The number of benzene rings is 1. The highest BCUT2D eigenvalue weighted by Crippen LogP contribution is 2.10. The molecule has 0 aliphatic carbocycles. The lowest BCUT2D eigenvalue weighted by atomic mass is 10.0. The van der Waals surface area contributed by atoms with Gasteiger partial charge >= 0.3 is 0 Å². The zero-order valence-electron chi connectivity index (χ0n) is 11.1. The molecule has 0 aromatic heterocycles. The summed E-state index contributed by atoms with van der Waals surface area (Å²) in [4.78, 5) is 13.5. The van der Waals surface area contributed by atoms with Crippen molar-refractivity contribution in [2.24, 2.45) is 5.73 Å². The first-order valence-electron chi connectivity index (χ1n) is 5.84. The summed E-state index contributed by atoms with van der Waals surface area (Å²) >= 11 is 0. The van der Waals surface area contributed by atoms with Gasteiger partial charge in [-0.3, -0.25) is 4.79 Å². The van der Waals surface area contributed by atoms with Crippen LogP contribution in [0.2, 0.25) is 0 Å². The minimum atomic E-state index is -0.490. The molecule has 0 aliphatic heterocycles. The summed E-state index contributed by atoms with van der Waals surface area (Å²) < 4.78 is 0. The van der Waals surface area contributed by atoms with Crippen LogP contribution in [0.5, 0.6) is 0 Å². The van der Waals surface area contributed by atoms with Gasteiger partial charge in [-0.05, 0) is 31.5 Å². The second-order valence-electron chi connectivity index (χ2n) is 5.22. The fraction of sp³-hybridized carbons (Fsp3) is 0.429. The van der Waals surface area contributed by atoms with Crippen molar-refractivity contribution >= 4 is 5.91 Å². The number of carbonyl (C=O) groups is 1. The largest absolute Gasteiger partial charge is 0.341 e. The van der Waals surface area contributed by atoms with Crippen LogP contribution in [0, 0.1) is 11.3 Å². The number of hydrogen-bond acceptors (Lipinski definition) is 3. The number of nitrogens with two attached hydrogens (primary N) is 1. The molecule has 1 aromatic rings. The minimum Gasteiger partial charge on any atom is -0.341 e. The van der Waals surface area contributed by atoms with Gasteiger partial charge in [0, 0.05) is 25.6 Å². The molecule has 0 bridgehead atoms. The summed E-state index contributed by atoms with van der Waals surface area (Å²) in [6.07, 6.45) is 0.319. The lowest BCUT2D eigenvalue weighted by Gasteiger charge is -2.23. The van der Waals surface area contributed by atoms with E-state index in [2.05, 4.69) is 6.07 Å². The van der Waals surface area contributed by atoms with E-state index in [1.54, 1.807) is 24.1 Å². The van der Waals surface area contributed by atoms with Gasteiger partial charge in [-0.15, -0.1) is 0 Å². The van der Waals surface area contributed by atoms with Gasteiger partial charge in [-0.2, -0.15) is 5.26 Å². The van der Waals surface area contributed by atoms with Crippen molar-refractivity contribution in [3.63, 3.8) is 0 Å². The van der Waals surface area contributed by atoms with Crippen LogP contribution >= 0.6 is 0 Å². The number of amides is 1. The van der Waals surface area contributed by atoms with E-state index in [1.165, 1.54) is 0 Å². The Labute approximate surface area is 108 Å². The first-order chi connectivity index (χ1) is 8.31. The van der Waals surface area contributed by atoms with Crippen LogP contribution < -0.4 is 5.73 Å². The molecule has 0 spiro atoms. The van der Waals surface area contributed by atoms with Gasteiger partial charge in [0.15, 0.2) is 0 Å². The van der Waals surface area contributed by atoms with Crippen molar-refractivity contribution in [2.45, 2.75) is 32.4 Å². The Morgan fingerprint density at radius 3 is 2.39 bits per heavy atom. The molecule has 1 amide bonds.